The van der Waals surface area contributed by atoms with Crippen LogP contribution in [0.3, 0.4) is 0 Å². The third kappa shape index (κ3) is 3.42. The van der Waals surface area contributed by atoms with Crippen molar-refractivity contribution in [2.75, 3.05) is 0 Å². The Kier molecular flexibility index (Phi) is 5.20. The first kappa shape index (κ1) is 22.4. The Morgan fingerprint density at radius 2 is 1.88 bits per heavy atom. The van der Waals surface area contributed by atoms with Crippen LogP contribution in [-0.4, -0.2) is 15.2 Å². The second-order valence-corrected chi connectivity index (χ2v) is 8.43. The molecule has 6 nitrogen and oxygen atoms in total. The quantitative estimate of drug-likeness (QED) is 0.572. The summed E-state index contributed by atoms with van der Waals surface area (Å²) in [5.41, 5.74) is 6.96. The van der Waals surface area contributed by atoms with Gasteiger partial charge in [-0.15, -0.1) is 5.10 Å². The van der Waals surface area contributed by atoms with Crippen molar-refractivity contribution in [3.05, 3.63) is 76.1 Å². The van der Waals surface area contributed by atoms with Crippen molar-refractivity contribution < 1.29 is 17.9 Å². The van der Waals surface area contributed by atoms with Crippen LogP contribution < -0.4 is 10.5 Å². The molecule has 0 amide bonds. The van der Waals surface area contributed by atoms with Crippen LogP contribution in [0.1, 0.15) is 41.9 Å². The number of fused-ring (bicyclic) bond motifs is 1. The van der Waals surface area contributed by atoms with Crippen molar-refractivity contribution in [2.24, 2.45) is 11.7 Å². The van der Waals surface area contributed by atoms with Crippen molar-refractivity contribution in [3.8, 4) is 23.1 Å². The van der Waals surface area contributed by atoms with Crippen LogP contribution in [0, 0.1) is 31.1 Å². The van der Waals surface area contributed by atoms with Gasteiger partial charge in [0.1, 0.15) is 11.6 Å². The van der Waals surface area contributed by atoms with Gasteiger partial charge in [-0.2, -0.15) is 18.4 Å². The molecule has 0 radical (unpaired) electrons. The summed E-state index contributed by atoms with van der Waals surface area (Å²) in [6, 6.07) is 9.39. The highest BCUT2D eigenvalue weighted by atomic mass is 19.4. The summed E-state index contributed by atoms with van der Waals surface area (Å²) in [5.74, 6) is -0.396. The Balaban J connectivity index is 2.13. The highest BCUT2D eigenvalue weighted by Crippen LogP contribution is 2.53. The monoisotopic (exact) mass is 453 g/mol. The lowest BCUT2D eigenvalue weighted by molar-refractivity contribution is -0.137. The third-order valence-corrected chi connectivity index (χ3v) is 6.09. The Hall–Kier alpha value is -3.80. The molecule has 3 heterocycles. The molecule has 33 heavy (non-hydrogen) atoms. The number of aryl methyl sites for hydroxylation is 2. The molecular weight excluding hydrogens is 431 g/mol. The maximum Gasteiger partial charge on any atom is 0.416 e. The number of alkyl halides is 3. The van der Waals surface area contributed by atoms with E-state index in [1.54, 1.807) is 32.0 Å². The zero-order valence-electron chi connectivity index (χ0n) is 18.5. The number of nitrogens with one attached hydrogen (secondary N) is 1. The van der Waals surface area contributed by atoms with Crippen LogP contribution in [0.25, 0.3) is 11.1 Å². The summed E-state index contributed by atoms with van der Waals surface area (Å²) >= 11 is 0. The fraction of sp³-hybridized carbons (Fsp3) is 0.292. The van der Waals surface area contributed by atoms with Gasteiger partial charge in [0.15, 0.2) is 0 Å². The van der Waals surface area contributed by atoms with E-state index in [0.717, 1.165) is 17.8 Å². The lowest BCUT2D eigenvalue weighted by atomic mass is 9.61. The van der Waals surface area contributed by atoms with E-state index >= 15 is 0 Å². The number of nitriles is 1. The first-order valence-corrected chi connectivity index (χ1v) is 10.3. The highest BCUT2D eigenvalue weighted by Gasteiger charge is 2.51. The van der Waals surface area contributed by atoms with E-state index < -0.39 is 17.2 Å². The maximum atomic E-state index is 14.0. The topological polar surface area (TPSA) is 101 Å². The molecule has 0 bridgehead atoms. The number of allylic oxidation sites excluding steroid dienone is 1. The molecule has 3 N–H and O–H groups in total. The number of hydrogen-bond acceptors (Lipinski definition) is 5. The molecule has 1 unspecified atom stereocenters. The minimum atomic E-state index is -4.61. The number of ether oxygens (including phenoxy) is 1. The number of aromatic amines is 1. The lowest BCUT2D eigenvalue weighted by Crippen LogP contribution is -2.41. The molecule has 4 rings (SSSR count). The number of aromatic nitrogens is 3. The molecule has 9 heteroatoms. The van der Waals surface area contributed by atoms with Gasteiger partial charge in [0, 0.05) is 23.1 Å². The minimum absolute atomic E-state index is 0.0433. The van der Waals surface area contributed by atoms with E-state index in [2.05, 4.69) is 21.3 Å². The van der Waals surface area contributed by atoms with Gasteiger partial charge in [-0.1, -0.05) is 19.9 Å². The number of halogens is 3. The zero-order valence-corrected chi connectivity index (χ0v) is 18.5. The fourth-order valence-electron chi connectivity index (χ4n) is 4.59. The van der Waals surface area contributed by atoms with E-state index in [0.29, 0.717) is 22.4 Å². The summed E-state index contributed by atoms with van der Waals surface area (Å²) in [4.78, 5) is 4.23. The average Bonchev–Trinajstić information content (AvgIpc) is 3.12. The van der Waals surface area contributed by atoms with Gasteiger partial charge in [-0.05, 0) is 55.2 Å². The summed E-state index contributed by atoms with van der Waals surface area (Å²) in [6.07, 6.45) is -3.08. The number of benzene rings is 1. The normalized spacial score (nSPS) is 18.2. The lowest BCUT2D eigenvalue weighted by Gasteiger charge is -2.41. The molecule has 0 fully saturated rings. The first-order chi connectivity index (χ1) is 15.5. The van der Waals surface area contributed by atoms with E-state index in [1.807, 2.05) is 13.8 Å². The predicted octanol–water partition coefficient (Wildman–Crippen LogP) is 5.14. The molecule has 0 spiro atoms. The molecule has 1 aliphatic heterocycles. The van der Waals surface area contributed by atoms with Gasteiger partial charge in [-0.25, -0.2) is 0 Å². The molecule has 3 aromatic rings. The Bertz CT molecular complexity index is 1300. The predicted molar refractivity (Wildman–Crippen MR) is 116 cm³/mol. The minimum Gasteiger partial charge on any atom is -0.420 e. The van der Waals surface area contributed by atoms with Crippen LogP contribution in [0.4, 0.5) is 13.2 Å². The number of H-pyrrole nitrogens is 1. The second kappa shape index (κ2) is 7.66. The largest absolute Gasteiger partial charge is 0.420 e. The van der Waals surface area contributed by atoms with E-state index in [4.69, 9.17) is 10.5 Å². The first-order valence-electron chi connectivity index (χ1n) is 10.3. The van der Waals surface area contributed by atoms with Crippen molar-refractivity contribution in [1.82, 2.24) is 15.2 Å². The number of rotatable bonds is 3. The Labute approximate surface area is 188 Å². The van der Waals surface area contributed by atoms with Gasteiger partial charge in [-0.3, -0.25) is 10.1 Å². The van der Waals surface area contributed by atoms with E-state index in [1.165, 1.54) is 6.20 Å². The Morgan fingerprint density at radius 1 is 1.15 bits per heavy atom. The van der Waals surface area contributed by atoms with Crippen LogP contribution in [0.2, 0.25) is 0 Å². The van der Waals surface area contributed by atoms with Crippen LogP contribution in [0.5, 0.6) is 5.88 Å². The third-order valence-electron chi connectivity index (χ3n) is 6.09. The van der Waals surface area contributed by atoms with Crippen molar-refractivity contribution in [3.63, 3.8) is 0 Å². The van der Waals surface area contributed by atoms with Gasteiger partial charge >= 0.3 is 6.18 Å². The van der Waals surface area contributed by atoms with E-state index in [-0.39, 0.29) is 28.8 Å². The highest BCUT2D eigenvalue weighted by molar-refractivity contribution is 5.69. The van der Waals surface area contributed by atoms with Crippen molar-refractivity contribution >= 4 is 0 Å². The SMILES string of the molecule is Cc1ccc(-c2cc(C(F)(F)F)cc(C3(C(C)C)C(C#N)=C(N)Oc4n[nH]c(C)c43)c2)cn1. The molecule has 170 valence electrons. The van der Waals surface area contributed by atoms with E-state index in [9.17, 15) is 18.4 Å². The standard InChI is InChI=1S/C24H22F3N5O/c1-12(2)23(19(10-28)21(29)33-22-20(23)14(4)31-32-22)17-7-16(8-18(9-17)24(25,26)27)15-6-5-13(3)30-11-15/h5-9,11-12H,29H2,1-4H3,(H,31,32). The maximum absolute atomic E-state index is 14.0. The van der Waals surface area contributed by atoms with Gasteiger partial charge in [0.25, 0.3) is 0 Å². The number of hydrogen-bond donors (Lipinski definition) is 2. The van der Waals surface area contributed by atoms with Gasteiger partial charge in [0.2, 0.25) is 11.8 Å². The van der Waals surface area contributed by atoms with Crippen LogP contribution in [0.15, 0.2) is 48.0 Å². The molecule has 1 atom stereocenters. The summed E-state index contributed by atoms with van der Waals surface area (Å²) < 4.78 is 47.7. The molecule has 1 aromatic carbocycles. The number of nitrogens with zero attached hydrogens (tertiary/aromatic N) is 3. The van der Waals surface area contributed by atoms with Crippen molar-refractivity contribution in [1.29, 1.82) is 5.26 Å². The number of pyridine rings is 1. The molecule has 0 saturated carbocycles. The van der Waals surface area contributed by atoms with Crippen LogP contribution in [-0.2, 0) is 11.6 Å². The van der Waals surface area contributed by atoms with Gasteiger partial charge in [0.05, 0.1) is 16.5 Å². The van der Waals surface area contributed by atoms with Crippen LogP contribution >= 0.6 is 0 Å². The molecule has 1 aliphatic rings. The smallest absolute Gasteiger partial charge is 0.416 e. The average molecular weight is 453 g/mol. The summed E-state index contributed by atoms with van der Waals surface area (Å²) in [7, 11) is 0. The van der Waals surface area contributed by atoms with Crippen molar-refractivity contribution in [2.45, 2.75) is 39.3 Å². The summed E-state index contributed by atoms with van der Waals surface area (Å²) in [5, 5.41) is 17.0. The number of nitrogens with two attached hydrogens (primary N) is 1. The van der Waals surface area contributed by atoms with Gasteiger partial charge < -0.3 is 10.5 Å². The molecule has 0 aliphatic carbocycles. The second-order valence-electron chi connectivity index (χ2n) is 8.43. The fourth-order valence-corrected chi connectivity index (χ4v) is 4.59. The summed E-state index contributed by atoms with van der Waals surface area (Å²) in [6.45, 7) is 7.20. The Morgan fingerprint density at radius 3 is 2.45 bits per heavy atom. The molecular formula is C24H22F3N5O. The zero-order chi connectivity index (χ0) is 24.1. The molecule has 2 aromatic heterocycles. The molecule has 0 saturated heterocycles.